The van der Waals surface area contributed by atoms with Gasteiger partial charge in [-0.2, -0.15) is 0 Å². The summed E-state index contributed by atoms with van der Waals surface area (Å²) in [5.74, 6) is 4.97. The molecule has 0 aliphatic rings. The van der Waals surface area contributed by atoms with E-state index in [0.717, 1.165) is 0 Å². The maximum atomic E-state index is 12.9. The molecule has 3 N–H and O–H groups in total. The summed E-state index contributed by atoms with van der Waals surface area (Å²) in [5.41, 5.74) is 3.30. The topological polar surface area (TPSA) is 71.2 Å². The van der Waals surface area contributed by atoms with Gasteiger partial charge >= 0.3 is 0 Å². The molecule has 0 fully saturated rings. The highest BCUT2D eigenvalue weighted by Crippen LogP contribution is 2.18. The zero-order valence-electron chi connectivity index (χ0n) is 10.3. The second-order valence-corrected chi connectivity index (χ2v) is 3.88. The van der Waals surface area contributed by atoms with Crippen molar-refractivity contribution in [3.8, 4) is 0 Å². The van der Waals surface area contributed by atoms with Crippen LogP contribution in [-0.2, 0) is 0 Å². The Balaban J connectivity index is 2.30. The highest BCUT2D eigenvalue weighted by molar-refractivity contribution is 6.08. The van der Waals surface area contributed by atoms with Gasteiger partial charge in [-0.3, -0.25) is 4.79 Å². The molecule has 1 aromatic carbocycles. The lowest BCUT2D eigenvalue weighted by Gasteiger charge is -2.18. The molecule has 1 amide bonds. The van der Waals surface area contributed by atoms with Crippen LogP contribution in [0.2, 0.25) is 0 Å². The largest absolute Gasteiger partial charge is 0.311 e. The lowest BCUT2D eigenvalue weighted by Crippen LogP contribution is -2.28. The summed E-state index contributed by atoms with van der Waals surface area (Å²) >= 11 is 0. The normalized spacial score (nSPS) is 10.1. The van der Waals surface area contributed by atoms with Crippen LogP contribution in [-0.4, -0.2) is 17.9 Å². The molecule has 2 aromatic rings. The van der Waals surface area contributed by atoms with Crippen molar-refractivity contribution in [2.45, 2.75) is 0 Å². The minimum atomic E-state index is -0.352. The lowest BCUT2D eigenvalue weighted by atomic mass is 10.2. The number of hydrazine groups is 1. The molecular weight excluding hydrogens is 247 g/mol. The molecule has 2 rings (SSSR count). The predicted octanol–water partition coefficient (Wildman–Crippen LogP) is 1.78. The van der Waals surface area contributed by atoms with Gasteiger partial charge in [0, 0.05) is 18.9 Å². The molecule has 19 heavy (non-hydrogen) atoms. The van der Waals surface area contributed by atoms with Crippen LogP contribution in [0.25, 0.3) is 0 Å². The first kappa shape index (κ1) is 13.0. The Labute approximate surface area is 109 Å². The van der Waals surface area contributed by atoms with E-state index in [1.807, 2.05) is 0 Å². The van der Waals surface area contributed by atoms with Crippen LogP contribution in [0.1, 0.15) is 10.4 Å². The number of amides is 1. The fourth-order valence-electron chi connectivity index (χ4n) is 1.66. The van der Waals surface area contributed by atoms with E-state index in [1.165, 1.54) is 35.4 Å². The van der Waals surface area contributed by atoms with Gasteiger partial charge in [-0.15, -0.1) is 0 Å². The van der Waals surface area contributed by atoms with Crippen LogP contribution in [0.5, 0.6) is 0 Å². The van der Waals surface area contributed by atoms with Crippen LogP contribution in [0.4, 0.5) is 15.9 Å². The van der Waals surface area contributed by atoms with E-state index in [-0.39, 0.29) is 11.7 Å². The molecule has 0 aliphatic carbocycles. The molecule has 0 bridgehead atoms. The molecule has 0 unspecified atom stereocenters. The van der Waals surface area contributed by atoms with Gasteiger partial charge < -0.3 is 10.3 Å². The zero-order chi connectivity index (χ0) is 13.8. The van der Waals surface area contributed by atoms with Crippen molar-refractivity contribution < 1.29 is 9.18 Å². The number of carbonyl (C=O) groups excluding carboxylic acids is 1. The smallest absolute Gasteiger partial charge is 0.261 e. The Hall–Kier alpha value is -2.47. The van der Waals surface area contributed by atoms with Crippen molar-refractivity contribution in [1.82, 2.24) is 4.98 Å². The number of nitrogen functional groups attached to an aromatic ring is 1. The average Bonchev–Trinajstić information content (AvgIpc) is 2.46. The Kier molecular flexibility index (Phi) is 3.72. The third-order valence-electron chi connectivity index (χ3n) is 2.69. The monoisotopic (exact) mass is 260 g/mol. The second kappa shape index (κ2) is 5.45. The third-order valence-corrected chi connectivity index (χ3v) is 2.69. The van der Waals surface area contributed by atoms with Crippen LogP contribution in [0.15, 0.2) is 42.6 Å². The average molecular weight is 260 g/mol. The van der Waals surface area contributed by atoms with E-state index < -0.39 is 0 Å². The number of carbonyl (C=O) groups is 1. The molecule has 0 spiro atoms. The fourth-order valence-corrected chi connectivity index (χ4v) is 1.66. The summed E-state index contributed by atoms with van der Waals surface area (Å²) in [4.78, 5) is 17.7. The summed E-state index contributed by atoms with van der Waals surface area (Å²) in [6.07, 6.45) is 1.53. The lowest BCUT2D eigenvalue weighted by molar-refractivity contribution is 0.0993. The number of hydrogen-bond acceptors (Lipinski definition) is 4. The van der Waals surface area contributed by atoms with Crippen LogP contribution in [0, 0.1) is 5.82 Å². The quantitative estimate of drug-likeness (QED) is 0.652. The molecule has 0 aliphatic heterocycles. The number of hydrogen-bond donors (Lipinski definition) is 2. The van der Waals surface area contributed by atoms with E-state index in [0.29, 0.717) is 17.1 Å². The fraction of sp³-hybridized carbons (Fsp3) is 0.0769. The number of anilines is 2. The highest BCUT2D eigenvalue weighted by Gasteiger charge is 2.17. The molecule has 1 aromatic heterocycles. The predicted molar refractivity (Wildman–Crippen MR) is 71.2 cm³/mol. The second-order valence-electron chi connectivity index (χ2n) is 3.88. The third kappa shape index (κ3) is 2.69. The molecular formula is C13H13FN4O. The van der Waals surface area contributed by atoms with Gasteiger partial charge in [0.05, 0.1) is 5.56 Å². The SMILES string of the molecule is CN(C(=O)c1cccnc1NN)c1ccc(F)cc1. The van der Waals surface area contributed by atoms with E-state index in [9.17, 15) is 9.18 Å². The minimum Gasteiger partial charge on any atom is -0.311 e. The Bertz CT molecular complexity index is 585. The van der Waals surface area contributed by atoms with Crippen molar-refractivity contribution in [3.05, 3.63) is 54.0 Å². The number of nitrogens with two attached hydrogens (primary N) is 1. The summed E-state index contributed by atoms with van der Waals surface area (Å²) < 4.78 is 12.9. The van der Waals surface area contributed by atoms with Crippen LogP contribution < -0.4 is 16.2 Å². The standard InChI is InChI=1S/C13H13FN4O/c1-18(10-6-4-9(14)5-7-10)13(19)11-3-2-8-16-12(11)17-15/h2-8H,15H2,1H3,(H,16,17). The summed E-state index contributed by atoms with van der Waals surface area (Å²) in [5, 5.41) is 0. The number of aromatic nitrogens is 1. The van der Waals surface area contributed by atoms with E-state index in [4.69, 9.17) is 5.84 Å². The van der Waals surface area contributed by atoms with Gasteiger partial charge in [-0.25, -0.2) is 15.2 Å². The number of pyridine rings is 1. The van der Waals surface area contributed by atoms with Crippen LogP contribution >= 0.6 is 0 Å². The van der Waals surface area contributed by atoms with Gasteiger partial charge in [-0.05, 0) is 36.4 Å². The number of rotatable bonds is 3. The molecule has 1 heterocycles. The summed E-state index contributed by atoms with van der Waals surface area (Å²) in [7, 11) is 1.60. The molecule has 0 saturated heterocycles. The Morgan fingerprint density at radius 3 is 2.63 bits per heavy atom. The molecule has 0 saturated carbocycles. The minimum absolute atomic E-state index is 0.285. The van der Waals surface area contributed by atoms with E-state index in [2.05, 4.69) is 10.4 Å². The first-order valence-corrected chi connectivity index (χ1v) is 5.58. The Morgan fingerprint density at radius 1 is 1.32 bits per heavy atom. The van der Waals surface area contributed by atoms with Crippen molar-refractivity contribution >= 4 is 17.4 Å². The maximum absolute atomic E-state index is 12.9. The molecule has 0 atom stereocenters. The molecule has 6 heteroatoms. The Morgan fingerprint density at radius 2 is 2.00 bits per heavy atom. The van der Waals surface area contributed by atoms with Crippen molar-refractivity contribution in [3.63, 3.8) is 0 Å². The van der Waals surface area contributed by atoms with E-state index >= 15 is 0 Å². The highest BCUT2D eigenvalue weighted by atomic mass is 19.1. The van der Waals surface area contributed by atoms with Gasteiger partial charge in [0.2, 0.25) is 0 Å². The number of nitrogens with zero attached hydrogens (tertiary/aromatic N) is 2. The first-order chi connectivity index (χ1) is 9.13. The summed E-state index contributed by atoms with van der Waals surface area (Å²) in [6, 6.07) is 8.91. The zero-order valence-corrected chi connectivity index (χ0v) is 10.3. The van der Waals surface area contributed by atoms with Crippen molar-refractivity contribution in [2.75, 3.05) is 17.4 Å². The van der Waals surface area contributed by atoms with Crippen molar-refractivity contribution in [2.24, 2.45) is 5.84 Å². The van der Waals surface area contributed by atoms with Gasteiger partial charge in [0.25, 0.3) is 5.91 Å². The number of nitrogens with one attached hydrogen (secondary N) is 1. The maximum Gasteiger partial charge on any atom is 0.261 e. The molecule has 5 nitrogen and oxygen atoms in total. The number of benzene rings is 1. The molecule has 98 valence electrons. The van der Waals surface area contributed by atoms with E-state index in [1.54, 1.807) is 19.2 Å². The van der Waals surface area contributed by atoms with Crippen LogP contribution in [0.3, 0.4) is 0 Å². The van der Waals surface area contributed by atoms with Gasteiger partial charge in [0.15, 0.2) is 5.82 Å². The summed E-state index contributed by atoms with van der Waals surface area (Å²) in [6.45, 7) is 0. The van der Waals surface area contributed by atoms with Gasteiger partial charge in [-0.1, -0.05) is 0 Å². The van der Waals surface area contributed by atoms with Gasteiger partial charge in [0.1, 0.15) is 5.82 Å². The van der Waals surface area contributed by atoms with Crippen molar-refractivity contribution in [1.29, 1.82) is 0 Å². The number of halogens is 1. The molecule has 0 radical (unpaired) electrons. The first-order valence-electron chi connectivity index (χ1n) is 5.58.